The fourth-order valence-corrected chi connectivity index (χ4v) is 1.91. The highest BCUT2D eigenvalue weighted by molar-refractivity contribution is 6.38. The van der Waals surface area contributed by atoms with Crippen LogP contribution in [-0.2, 0) is 4.74 Å². The lowest BCUT2D eigenvalue weighted by Gasteiger charge is -2.07. The molecule has 2 rings (SSSR count). The summed E-state index contributed by atoms with van der Waals surface area (Å²) in [6.45, 7) is 1.99. The molecule has 90 valence electrons. The molecule has 0 aliphatic carbocycles. The Morgan fingerprint density at radius 2 is 2.33 bits per heavy atom. The number of pyridine rings is 1. The molecule has 0 atom stereocenters. The summed E-state index contributed by atoms with van der Waals surface area (Å²) in [6, 6.07) is 7.10. The van der Waals surface area contributed by atoms with Crippen molar-refractivity contribution in [2.24, 2.45) is 0 Å². The maximum absolute atomic E-state index is 11.7. The number of halogens is 1. The number of esters is 1. The predicted molar refractivity (Wildman–Crippen MR) is 67.4 cm³/mol. The van der Waals surface area contributed by atoms with Gasteiger partial charge in [0.15, 0.2) is 0 Å². The molecular formula is C13H9ClN2O2. The van der Waals surface area contributed by atoms with E-state index >= 15 is 0 Å². The Labute approximate surface area is 109 Å². The first kappa shape index (κ1) is 12.3. The minimum Gasteiger partial charge on any atom is -0.462 e. The zero-order chi connectivity index (χ0) is 13.1. The largest absolute Gasteiger partial charge is 0.462 e. The Morgan fingerprint density at radius 1 is 1.56 bits per heavy atom. The van der Waals surface area contributed by atoms with Crippen molar-refractivity contribution >= 4 is 28.5 Å². The number of rotatable bonds is 2. The number of benzene rings is 1. The van der Waals surface area contributed by atoms with Gasteiger partial charge in [0.1, 0.15) is 6.07 Å². The van der Waals surface area contributed by atoms with Crippen molar-refractivity contribution in [1.29, 1.82) is 5.26 Å². The molecule has 0 spiro atoms. The molecule has 5 heteroatoms. The molecular weight excluding hydrogens is 252 g/mol. The normalized spacial score (nSPS) is 10.1. The fraction of sp³-hybridized carbons (Fsp3) is 0.154. The molecule has 18 heavy (non-hydrogen) atoms. The van der Waals surface area contributed by atoms with Gasteiger partial charge in [0.2, 0.25) is 0 Å². The molecule has 0 unspecified atom stereocenters. The maximum atomic E-state index is 11.7. The Bertz CT molecular complexity index is 662. The average Bonchev–Trinajstić information content (AvgIpc) is 2.39. The molecule has 1 aromatic carbocycles. The second-order valence-electron chi connectivity index (χ2n) is 3.52. The number of para-hydroxylation sites is 1. The third-order valence-electron chi connectivity index (χ3n) is 2.45. The Hall–Kier alpha value is -2.12. The lowest BCUT2D eigenvalue weighted by Crippen LogP contribution is -2.06. The van der Waals surface area contributed by atoms with E-state index in [2.05, 4.69) is 4.98 Å². The summed E-state index contributed by atoms with van der Waals surface area (Å²) in [7, 11) is 0. The number of hydrogen-bond acceptors (Lipinski definition) is 4. The zero-order valence-electron chi connectivity index (χ0n) is 9.61. The highest BCUT2D eigenvalue weighted by Gasteiger charge is 2.16. The van der Waals surface area contributed by atoms with E-state index < -0.39 is 5.97 Å². The van der Waals surface area contributed by atoms with Gasteiger partial charge in [-0.05, 0) is 13.0 Å². The van der Waals surface area contributed by atoms with Gasteiger partial charge in [0.05, 0.1) is 28.3 Å². The highest BCUT2D eigenvalue weighted by Crippen LogP contribution is 2.27. The number of nitriles is 1. The highest BCUT2D eigenvalue weighted by atomic mass is 35.5. The van der Waals surface area contributed by atoms with Gasteiger partial charge < -0.3 is 4.74 Å². The first-order valence-electron chi connectivity index (χ1n) is 5.33. The summed E-state index contributed by atoms with van der Waals surface area (Å²) < 4.78 is 4.89. The van der Waals surface area contributed by atoms with Crippen LogP contribution in [0.4, 0.5) is 0 Å². The Balaban J connectivity index is 2.66. The van der Waals surface area contributed by atoms with Gasteiger partial charge >= 0.3 is 5.97 Å². The summed E-state index contributed by atoms with van der Waals surface area (Å²) in [4.78, 5) is 15.8. The summed E-state index contributed by atoms with van der Waals surface area (Å²) >= 11 is 6.15. The third kappa shape index (κ3) is 2.01. The van der Waals surface area contributed by atoms with Crippen molar-refractivity contribution in [2.75, 3.05) is 6.61 Å². The molecule has 0 aliphatic heterocycles. The van der Waals surface area contributed by atoms with Gasteiger partial charge in [-0.2, -0.15) is 5.26 Å². The molecule has 1 aromatic heterocycles. The van der Waals surface area contributed by atoms with E-state index in [1.165, 1.54) is 6.20 Å². The van der Waals surface area contributed by atoms with Crippen LogP contribution in [0.5, 0.6) is 0 Å². The minimum absolute atomic E-state index is 0.209. The van der Waals surface area contributed by atoms with E-state index in [9.17, 15) is 4.79 Å². The van der Waals surface area contributed by atoms with Crippen LogP contribution in [0.1, 0.15) is 22.8 Å². The maximum Gasteiger partial charge on any atom is 0.341 e. The lowest BCUT2D eigenvalue weighted by atomic mass is 10.1. The van der Waals surface area contributed by atoms with Crippen molar-refractivity contribution in [3.05, 3.63) is 40.5 Å². The van der Waals surface area contributed by atoms with Gasteiger partial charge in [-0.1, -0.05) is 23.7 Å². The van der Waals surface area contributed by atoms with Crippen LogP contribution in [0.2, 0.25) is 5.02 Å². The van der Waals surface area contributed by atoms with Crippen molar-refractivity contribution in [3.63, 3.8) is 0 Å². The topological polar surface area (TPSA) is 63.0 Å². The monoisotopic (exact) mass is 260 g/mol. The van der Waals surface area contributed by atoms with Crippen LogP contribution in [0.3, 0.4) is 0 Å². The van der Waals surface area contributed by atoms with E-state index in [0.717, 1.165) is 0 Å². The number of nitrogens with zero attached hydrogens (tertiary/aromatic N) is 2. The van der Waals surface area contributed by atoms with E-state index in [0.29, 0.717) is 16.5 Å². The first-order valence-corrected chi connectivity index (χ1v) is 5.71. The second-order valence-corrected chi connectivity index (χ2v) is 3.90. The Morgan fingerprint density at radius 3 is 3.00 bits per heavy atom. The van der Waals surface area contributed by atoms with Crippen molar-refractivity contribution < 1.29 is 9.53 Å². The molecule has 2 aromatic rings. The molecule has 0 N–H and O–H groups in total. The summed E-state index contributed by atoms with van der Waals surface area (Å²) in [5.41, 5.74) is 1.11. The number of carbonyl (C=O) groups excluding carboxylic acids is 1. The Kier molecular flexibility index (Phi) is 3.45. The van der Waals surface area contributed by atoms with Crippen LogP contribution in [0.15, 0.2) is 24.4 Å². The SMILES string of the molecule is CCOC(=O)c1cnc2c(C#N)cccc2c1Cl. The fourth-order valence-electron chi connectivity index (χ4n) is 1.63. The molecule has 0 saturated heterocycles. The molecule has 0 fully saturated rings. The van der Waals surface area contributed by atoms with Gasteiger partial charge in [-0.15, -0.1) is 0 Å². The van der Waals surface area contributed by atoms with Crippen LogP contribution >= 0.6 is 11.6 Å². The van der Waals surface area contributed by atoms with Crippen LogP contribution < -0.4 is 0 Å². The van der Waals surface area contributed by atoms with Crippen LogP contribution in [0, 0.1) is 11.3 Å². The summed E-state index contributed by atoms with van der Waals surface area (Å²) in [5, 5.41) is 9.79. The number of fused-ring (bicyclic) bond motifs is 1. The molecule has 4 nitrogen and oxygen atoms in total. The van der Waals surface area contributed by atoms with Gasteiger partial charge in [-0.25, -0.2) is 4.79 Å². The molecule has 1 heterocycles. The smallest absolute Gasteiger partial charge is 0.341 e. The minimum atomic E-state index is -0.515. The van der Waals surface area contributed by atoms with Crippen molar-refractivity contribution in [3.8, 4) is 6.07 Å². The average molecular weight is 261 g/mol. The molecule has 0 bridgehead atoms. The summed E-state index contributed by atoms with van der Waals surface area (Å²) in [6.07, 6.45) is 1.34. The number of hydrogen-bond donors (Lipinski definition) is 0. The molecule has 0 amide bonds. The predicted octanol–water partition coefficient (Wildman–Crippen LogP) is 2.94. The van der Waals surface area contributed by atoms with Gasteiger partial charge in [0, 0.05) is 11.6 Å². The van der Waals surface area contributed by atoms with Gasteiger partial charge in [-0.3, -0.25) is 4.98 Å². The van der Waals surface area contributed by atoms with E-state index in [4.69, 9.17) is 21.6 Å². The summed E-state index contributed by atoms with van der Waals surface area (Å²) in [5.74, 6) is -0.515. The van der Waals surface area contributed by atoms with Gasteiger partial charge in [0.25, 0.3) is 0 Å². The number of carbonyl (C=O) groups is 1. The van der Waals surface area contributed by atoms with Crippen molar-refractivity contribution in [2.45, 2.75) is 6.92 Å². The first-order chi connectivity index (χ1) is 8.69. The molecule has 0 aliphatic rings. The zero-order valence-corrected chi connectivity index (χ0v) is 10.4. The van der Waals surface area contributed by atoms with E-state index in [-0.39, 0.29) is 17.2 Å². The third-order valence-corrected chi connectivity index (χ3v) is 2.85. The van der Waals surface area contributed by atoms with Crippen LogP contribution in [-0.4, -0.2) is 17.6 Å². The number of aromatic nitrogens is 1. The quantitative estimate of drug-likeness (QED) is 0.779. The van der Waals surface area contributed by atoms with Crippen LogP contribution in [0.25, 0.3) is 10.9 Å². The second kappa shape index (κ2) is 5.03. The standard InChI is InChI=1S/C13H9ClN2O2/c1-2-18-13(17)10-7-16-12-8(6-15)4-3-5-9(12)11(10)14/h3-5,7H,2H2,1H3. The van der Waals surface area contributed by atoms with E-state index in [1.807, 2.05) is 6.07 Å². The number of ether oxygens (including phenoxy) is 1. The van der Waals surface area contributed by atoms with Crippen molar-refractivity contribution in [1.82, 2.24) is 4.98 Å². The molecule has 0 saturated carbocycles. The van der Waals surface area contributed by atoms with E-state index in [1.54, 1.807) is 25.1 Å². The molecule has 0 radical (unpaired) electrons. The lowest BCUT2D eigenvalue weighted by molar-refractivity contribution is 0.0526.